The molecule has 0 aliphatic heterocycles. The summed E-state index contributed by atoms with van der Waals surface area (Å²) in [4.78, 5) is 0. The number of rotatable bonds is 12. The van der Waals surface area contributed by atoms with Gasteiger partial charge in [-0.15, -0.1) is 0 Å². The van der Waals surface area contributed by atoms with E-state index >= 15 is 0 Å². The molecule has 0 fully saturated rings. The number of nitrogens with one attached hydrogen (secondary N) is 1. The van der Waals surface area contributed by atoms with Crippen molar-refractivity contribution in [3.63, 3.8) is 0 Å². The SMILES string of the molecule is CCCCCCCCNCC(O)C(O)C(O)CO. The van der Waals surface area contributed by atoms with Gasteiger partial charge in [0.05, 0.1) is 12.7 Å². The van der Waals surface area contributed by atoms with Crippen LogP contribution in [-0.4, -0.2) is 58.4 Å². The third kappa shape index (κ3) is 8.83. The lowest BCUT2D eigenvalue weighted by atomic mass is 10.1. The van der Waals surface area contributed by atoms with Gasteiger partial charge in [0.15, 0.2) is 0 Å². The molecule has 3 atom stereocenters. The highest BCUT2D eigenvalue weighted by molar-refractivity contribution is 4.76. The zero-order chi connectivity index (χ0) is 13.8. The minimum Gasteiger partial charge on any atom is -0.394 e. The quantitative estimate of drug-likeness (QED) is 0.320. The third-order valence-electron chi connectivity index (χ3n) is 3.04. The molecule has 0 aliphatic rings. The second-order valence-corrected chi connectivity index (χ2v) is 4.78. The molecular weight excluding hydrogens is 234 g/mol. The standard InChI is InChI=1S/C13H29NO4/c1-2-3-4-5-6-7-8-14-9-11(16)13(18)12(17)10-15/h11-18H,2-10H2,1H3. The second-order valence-electron chi connectivity index (χ2n) is 4.78. The van der Waals surface area contributed by atoms with Crippen molar-refractivity contribution in [2.45, 2.75) is 63.8 Å². The van der Waals surface area contributed by atoms with Crippen LogP contribution in [-0.2, 0) is 0 Å². The van der Waals surface area contributed by atoms with Gasteiger partial charge in [-0.05, 0) is 13.0 Å². The van der Waals surface area contributed by atoms with Gasteiger partial charge in [-0.2, -0.15) is 0 Å². The fraction of sp³-hybridized carbons (Fsp3) is 1.00. The summed E-state index contributed by atoms with van der Waals surface area (Å²) in [5, 5.41) is 39.7. The van der Waals surface area contributed by atoms with Crippen LogP contribution in [0.1, 0.15) is 45.4 Å². The minimum atomic E-state index is -1.30. The number of unbranched alkanes of at least 4 members (excludes halogenated alkanes) is 5. The molecule has 110 valence electrons. The molecule has 0 aromatic carbocycles. The summed E-state index contributed by atoms with van der Waals surface area (Å²) < 4.78 is 0. The molecule has 0 aliphatic carbocycles. The second kappa shape index (κ2) is 11.9. The van der Waals surface area contributed by atoms with Crippen LogP contribution in [0, 0.1) is 0 Å². The van der Waals surface area contributed by atoms with E-state index in [2.05, 4.69) is 12.2 Å². The lowest BCUT2D eigenvalue weighted by molar-refractivity contribution is -0.0749. The number of aliphatic hydroxyl groups excluding tert-OH is 4. The Labute approximate surface area is 110 Å². The Bertz CT molecular complexity index is 180. The first-order valence-corrected chi connectivity index (χ1v) is 6.99. The Balaban J connectivity index is 3.37. The monoisotopic (exact) mass is 263 g/mol. The Morgan fingerprint density at radius 3 is 2.11 bits per heavy atom. The van der Waals surface area contributed by atoms with Crippen LogP contribution < -0.4 is 5.32 Å². The van der Waals surface area contributed by atoms with Crippen LogP contribution in [0.3, 0.4) is 0 Å². The van der Waals surface area contributed by atoms with Crippen LogP contribution in [0.4, 0.5) is 0 Å². The smallest absolute Gasteiger partial charge is 0.109 e. The highest BCUT2D eigenvalue weighted by Gasteiger charge is 2.23. The van der Waals surface area contributed by atoms with E-state index < -0.39 is 24.9 Å². The Morgan fingerprint density at radius 2 is 1.50 bits per heavy atom. The van der Waals surface area contributed by atoms with Crippen molar-refractivity contribution in [1.29, 1.82) is 0 Å². The summed E-state index contributed by atoms with van der Waals surface area (Å²) in [5.41, 5.74) is 0. The van der Waals surface area contributed by atoms with E-state index in [0.717, 1.165) is 13.0 Å². The van der Waals surface area contributed by atoms with Gasteiger partial charge in [-0.3, -0.25) is 0 Å². The summed E-state index contributed by atoms with van der Waals surface area (Å²) in [6.07, 6.45) is 3.65. The molecule has 0 bridgehead atoms. The summed E-state index contributed by atoms with van der Waals surface area (Å²) >= 11 is 0. The molecule has 5 N–H and O–H groups in total. The average molecular weight is 263 g/mol. The number of aliphatic hydroxyl groups is 4. The van der Waals surface area contributed by atoms with Crippen LogP contribution in [0.2, 0.25) is 0 Å². The van der Waals surface area contributed by atoms with Crippen molar-refractivity contribution in [3.05, 3.63) is 0 Å². The van der Waals surface area contributed by atoms with Crippen molar-refractivity contribution in [3.8, 4) is 0 Å². The summed E-state index contributed by atoms with van der Waals surface area (Å²) in [6, 6.07) is 0. The van der Waals surface area contributed by atoms with E-state index in [1.54, 1.807) is 0 Å². The summed E-state index contributed by atoms with van der Waals surface area (Å²) in [5.74, 6) is 0. The first-order chi connectivity index (χ1) is 8.63. The number of hydrogen-bond donors (Lipinski definition) is 5. The molecule has 0 rings (SSSR count). The fourth-order valence-corrected chi connectivity index (χ4v) is 1.77. The molecule has 3 unspecified atom stereocenters. The zero-order valence-electron chi connectivity index (χ0n) is 11.4. The first-order valence-electron chi connectivity index (χ1n) is 6.99. The van der Waals surface area contributed by atoms with E-state index in [0.29, 0.717) is 0 Å². The van der Waals surface area contributed by atoms with Crippen LogP contribution in [0.5, 0.6) is 0 Å². The van der Waals surface area contributed by atoms with Gasteiger partial charge < -0.3 is 25.7 Å². The molecule has 0 saturated heterocycles. The maximum absolute atomic E-state index is 9.51. The molecule has 0 aromatic heterocycles. The highest BCUT2D eigenvalue weighted by atomic mass is 16.4. The van der Waals surface area contributed by atoms with E-state index in [-0.39, 0.29) is 6.54 Å². The molecule has 0 heterocycles. The highest BCUT2D eigenvalue weighted by Crippen LogP contribution is 2.04. The fourth-order valence-electron chi connectivity index (χ4n) is 1.77. The molecule has 0 saturated carbocycles. The van der Waals surface area contributed by atoms with Crippen LogP contribution in [0.25, 0.3) is 0 Å². The Kier molecular flexibility index (Phi) is 11.7. The van der Waals surface area contributed by atoms with Crippen molar-refractivity contribution in [2.75, 3.05) is 19.7 Å². The predicted octanol–water partition coefficient (Wildman–Crippen LogP) is 0.0115. The van der Waals surface area contributed by atoms with Crippen molar-refractivity contribution in [2.24, 2.45) is 0 Å². The van der Waals surface area contributed by atoms with E-state index in [1.165, 1.54) is 32.1 Å². The lowest BCUT2D eigenvalue weighted by Crippen LogP contribution is -2.44. The zero-order valence-corrected chi connectivity index (χ0v) is 11.4. The van der Waals surface area contributed by atoms with Gasteiger partial charge in [0.25, 0.3) is 0 Å². The molecule has 18 heavy (non-hydrogen) atoms. The third-order valence-corrected chi connectivity index (χ3v) is 3.04. The largest absolute Gasteiger partial charge is 0.394 e. The van der Waals surface area contributed by atoms with Gasteiger partial charge in [0.2, 0.25) is 0 Å². The average Bonchev–Trinajstić information content (AvgIpc) is 2.39. The predicted molar refractivity (Wildman–Crippen MR) is 71.4 cm³/mol. The maximum Gasteiger partial charge on any atom is 0.109 e. The molecule has 0 radical (unpaired) electrons. The van der Waals surface area contributed by atoms with Gasteiger partial charge in [0.1, 0.15) is 12.2 Å². The normalized spacial score (nSPS) is 16.5. The van der Waals surface area contributed by atoms with E-state index in [1.807, 2.05) is 0 Å². The Hall–Kier alpha value is -0.200. The van der Waals surface area contributed by atoms with Gasteiger partial charge in [-0.1, -0.05) is 39.0 Å². The molecule has 0 amide bonds. The molecular formula is C13H29NO4. The van der Waals surface area contributed by atoms with E-state index in [9.17, 15) is 10.2 Å². The maximum atomic E-state index is 9.51. The van der Waals surface area contributed by atoms with E-state index in [4.69, 9.17) is 10.2 Å². The van der Waals surface area contributed by atoms with Gasteiger partial charge in [0, 0.05) is 6.54 Å². The van der Waals surface area contributed by atoms with Gasteiger partial charge in [-0.25, -0.2) is 0 Å². The lowest BCUT2D eigenvalue weighted by Gasteiger charge is -2.21. The van der Waals surface area contributed by atoms with Crippen LogP contribution in [0.15, 0.2) is 0 Å². The van der Waals surface area contributed by atoms with Crippen molar-refractivity contribution >= 4 is 0 Å². The summed E-state index contributed by atoms with van der Waals surface area (Å²) in [6.45, 7) is 2.67. The first kappa shape index (κ1) is 17.8. The molecule has 5 heteroatoms. The topological polar surface area (TPSA) is 93.0 Å². The minimum absolute atomic E-state index is 0.229. The molecule has 5 nitrogen and oxygen atoms in total. The Morgan fingerprint density at radius 1 is 0.889 bits per heavy atom. The van der Waals surface area contributed by atoms with Crippen molar-refractivity contribution < 1.29 is 20.4 Å². The molecule has 0 aromatic rings. The van der Waals surface area contributed by atoms with Crippen LogP contribution >= 0.6 is 0 Å². The number of hydrogen-bond acceptors (Lipinski definition) is 5. The molecule has 0 spiro atoms. The summed E-state index contributed by atoms with van der Waals surface area (Å²) in [7, 11) is 0. The van der Waals surface area contributed by atoms with Crippen molar-refractivity contribution in [1.82, 2.24) is 5.32 Å². The van der Waals surface area contributed by atoms with Gasteiger partial charge >= 0.3 is 0 Å².